The lowest BCUT2D eigenvalue weighted by atomic mass is 10.1. The third-order valence-electron chi connectivity index (χ3n) is 4.66. The predicted molar refractivity (Wildman–Crippen MR) is 133 cm³/mol. The Bertz CT molecular complexity index is 726. The van der Waals surface area contributed by atoms with Gasteiger partial charge in [0.15, 0.2) is 0 Å². The van der Waals surface area contributed by atoms with Crippen LogP contribution in [0.5, 0.6) is 0 Å². The molecule has 0 aromatic heterocycles. The first-order chi connectivity index (χ1) is 17.5. The Kier molecular flexibility index (Phi) is 16.4. The highest BCUT2D eigenvalue weighted by atomic mass is 16.5. The zero-order valence-corrected chi connectivity index (χ0v) is 20.7. The van der Waals surface area contributed by atoms with Gasteiger partial charge in [-0.15, -0.1) is 0 Å². The van der Waals surface area contributed by atoms with E-state index in [0.29, 0.717) is 58.3 Å². The molecule has 1 rings (SSSR count). The van der Waals surface area contributed by atoms with Crippen molar-refractivity contribution in [3.63, 3.8) is 0 Å². The molecule has 36 heavy (non-hydrogen) atoms. The molecule has 0 aliphatic rings. The molecule has 0 spiro atoms. The maximum absolute atomic E-state index is 12.6. The molecule has 9 nitrogen and oxygen atoms in total. The van der Waals surface area contributed by atoms with Gasteiger partial charge >= 0.3 is 17.9 Å². The van der Waals surface area contributed by atoms with Crippen LogP contribution in [0.25, 0.3) is 0 Å². The van der Waals surface area contributed by atoms with Crippen molar-refractivity contribution in [3.05, 3.63) is 73.4 Å². The Morgan fingerprint density at radius 2 is 0.750 bits per heavy atom. The molecule has 198 valence electrons. The van der Waals surface area contributed by atoms with Gasteiger partial charge in [0.25, 0.3) is 0 Å². The van der Waals surface area contributed by atoms with E-state index in [1.165, 1.54) is 37.0 Å². The second-order valence-electron chi connectivity index (χ2n) is 7.44. The predicted octanol–water partition coefficient (Wildman–Crippen LogP) is 4.98. The monoisotopic (exact) mass is 504 g/mol. The number of unbranched alkanes of at least 4 members (excludes halogenated alkanes) is 3. The molecule has 0 aliphatic heterocycles. The Balaban J connectivity index is 2.80. The molecule has 0 radical (unpaired) electrons. The number of rotatable bonds is 21. The lowest BCUT2D eigenvalue weighted by Crippen LogP contribution is -2.14. The number of hydrogen-bond donors (Lipinski definition) is 0. The first-order valence-corrected chi connectivity index (χ1v) is 11.9. The number of hydrogen-bond acceptors (Lipinski definition) is 9. The maximum atomic E-state index is 12.6. The SMILES string of the molecule is C=COCCCCOC(=O)c1cc(C(=O)OCCCCOC=C)cc(C(=O)OCCCCOC=C)c1. The lowest BCUT2D eigenvalue weighted by Gasteiger charge is -2.11. The van der Waals surface area contributed by atoms with Crippen LogP contribution >= 0.6 is 0 Å². The molecule has 0 atom stereocenters. The summed E-state index contributed by atoms with van der Waals surface area (Å²) in [7, 11) is 0. The Morgan fingerprint density at radius 1 is 0.500 bits per heavy atom. The van der Waals surface area contributed by atoms with Crippen molar-refractivity contribution in [2.24, 2.45) is 0 Å². The fourth-order valence-electron chi connectivity index (χ4n) is 2.84. The first-order valence-electron chi connectivity index (χ1n) is 11.9. The van der Waals surface area contributed by atoms with Crippen LogP contribution in [0.15, 0.2) is 56.7 Å². The normalized spacial score (nSPS) is 10.0. The summed E-state index contributed by atoms with van der Waals surface area (Å²) in [6.45, 7) is 12.3. The van der Waals surface area contributed by atoms with Crippen LogP contribution in [0.1, 0.15) is 69.6 Å². The van der Waals surface area contributed by atoms with Crippen molar-refractivity contribution in [1.82, 2.24) is 0 Å². The molecule has 0 heterocycles. The van der Waals surface area contributed by atoms with Crippen LogP contribution in [0.4, 0.5) is 0 Å². The van der Waals surface area contributed by atoms with Crippen molar-refractivity contribution in [1.29, 1.82) is 0 Å². The van der Waals surface area contributed by atoms with Crippen LogP contribution in [0.3, 0.4) is 0 Å². The third kappa shape index (κ3) is 13.2. The van der Waals surface area contributed by atoms with Gasteiger partial charge in [-0.25, -0.2) is 14.4 Å². The molecular formula is C27H36O9. The van der Waals surface area contributed by atoms with E-state index in [9.17, 15) is 14.4 Å². The smallest absolute Gasteiger partial charge is 0.338 e. The van der Waals surface area contributed by atoms with Crippen molar-refractivity contribution >= 4 is 17.9 Å². The number of carbonyl (C=O) groups excluding carboxylic acids is 3. The molecule has 0 amide bonds. The molecule has 0 aliphatic carbocycles. The lowest BCUT2D eigenvalue weighted by molar-refractivity contribution is 0.0487. The summed E-state index contributed by atoms with van der Waals surface area (Å²) in [6.07, 6.45) is 7.84. The van der Waals surface area contributed by atoms with Gasteiger partial charge in [0.05, 0.1) is 75.1 Å². The fourth-order valence-corrected chi connectivity index (χ4v) is 2.84. The summed E-state index contributed by atoms with van der Waals surface area (Å²) >= 11 is 0. The number of esters is 3. The van der Waals surface area contributed by atoms with Gasteiger partial charge in [-0.2, -0.15) is 0 Å². The van der Waals surface area contributed by atoms with Crippen LogP contribution < -0.4 is 0 Å². The van der Waals surface area contributed by atoms with Crippen LogP contribution in [-0.4, -0.2) is 57.5 Å². The Labute approximate surface area is 212 Å². The second kappa shape index (κ2) is 19.5. The highest BCUT2D eigenvalue weighted by Crippen LogP contribution is 2.15. The quantitative estimate of drug-likeness (QED) is 0.0991. The average molecular weight is 505 g/mol. The summed E-state index contributed by atoms with van der Waals surface area (Å²) in [4.78, 5) is 37.8. The van der Waals surface area contributed by atoms with E-state index in [4.69, 9.17) is 28.4 Å². The van der Waals surface area contributed by atoms with Crippen molar-refractivity contribution < 1.29 is 42.8 Å². The van der Waals surface area contributed by atoms with Gasteiger partial charge in [0.1, 0.15) is 0 Å². The summed E-state index contributed by atoms with van der Waals surface area (Å²) in [5, 5.41) is 0. The van der Waals surface area contributed by atoms with Crippen molar-refractivity contribution in [2.75, 3.05) is 39.6 Å². The van der Waals surface area contributed by atoms with Gasteiger partial charge < -0.3 is 28.4 Å². The summed E-state index contributed by atoms with van der Waals surface area (Å²) < 4.78 is 30.9. The Hall–Kier alpha value is -3.75. The number of carbonyl (C=O) groups is 3. The minimum Gasteiger partial charge on any atom is -0.502 e. The molecule has 1 aromatic carbocycles. The topological polar surface area (TPSA) is 107 Å². The molecule has 0 saturated carbocycles. The minimum atomic E-state index is -0.661. The van der Waals surface area contributed by atoms with E-state index in [-0.39, 0.29) is 36.5 Å². The van der Waals surface area contributed by atoms with Crippen LogP contribution in [0, 0.1) is 0 Å². The summed E-state index contributed by atoms with van der Waals surface area (Å²) in [5.41, 5.74) is 0.160. The van der Waals surface area contributed by atoms with E-state index >= 15 is 0 Å². The van der Waals surface area contributed by atoms with Gasteiger partial charge in [0, 0.05) is 0 Å². The molecule has 1 aromatic rings. The number of benzene rings is 1. The number of ether oxygens (including phenoxy) is 6. The van der Waals surface area contributed by atoms with E-state index < -0.39 is 17.9 Å². The fraction of sp³-hybridized carbons (Fsp3) is 0.444. The molecule has 9 heteroatoms. The summed E-state index contributed by atoms with van der Waals surface area (Å²) in [6, 6.07) is 4.03. The maximum Gasteiger partial charge on any atom is 0.338 e. The zero-order chi connectivity index (χ0) is 26.4. The minimum absolute atomic E-state index is 0.0532. The second-order valence-corrected chi connectivity index (χ2v) is 7.44. The summed E-state index contributed by atoms with van der Waals surface area (Å²) in [5.74, 6) is -1.98. The van der Waals surface area contributed by atoms with E-state index in [1.54, 1.807) is 0 Å². The van der Waals surface area contributed by atoms with Gasteiger partial charge in [0.2, 0.25) is 0 Å². The standard InChI is InChI=1S/C27H36O9/c1-4-31-13-7-10-16-34-25(28)22-19-23(26(29)35-17-11-8-14-32-5-2)21-24(20-22)27(30)36-18-12-9-15-33-6-3/h4-6,19-21H,1-3,7-18H2. The highest BCUT2D eigenvalue weighted by molar-refractivity contribution is 6.00. The highest BCUT2D eigenvalue weighted by Gasteiger charge is 2.19. The van der Waals surface area contributed by atoms with Crippen LogP contribution in [0.2, 0.25) is 0 Å². The molecule has 0 N–H and O–H groups in total. The first kappa shape index (κ1) is 30.3. The zero-order valence-electron chi connectivity index (χ0n) is 20.7. The molecule has 0 unspecified atom stereocenters. The van der Waals surface area contributed by atoms with Gasteiger partial charge in [-0.3, -0.25) is 0 Å². The largest absolute Gasteiger partial charge is 0.502 e. The van der Waals surface area contributed by atoms with E-state index in [1.807, 2.05) is 0 Å². The molecular weight excluding hydrogens is 468 g/mol. The molecule has 0 fully saturated rings. The molecule has 0 bridgehead atoms. The van der Waals surface area contributed by atoms with Gasteiger partial charge in [-0.05, 0) is 56.7 Å². The van der Waals surface area contributed by atoms with E-state index in [0.717, 1.165) is 0 Å². The van der Waals surface area contributed by atoms with E-state index in [2.05, 4.69) is 19.7 Å². The third-order valence-corrected chi connectivity index (χ3v) is 4.66. The van der Waals surface area contributed by atoms with Crippen molar-refractivity contribution in [2.45, 2.75) is 38.5 Å². The van der Waals surface area contributed by atoms with Crippen LogP contribution in [-0.2, 0) is 28.4 Å². The van der Waals surface area contributed by atoms with Crippen molar-refractivity contribution in [3.8, 4) is 0 Å². The van der Waals surface area contributed by atoms with Gasteiger partial charge in [-0.1, -0.05) is 19.7 Å². The molecule has 0 saturated heterocycles. The Morgan fingerprint density at radius 3 is 1.00 bits per heavy atom. The average Bonchev–Trinajstić information content (AvgIpc) is 2.89.